The first-order valence-electron chi connectivity index (χ1n) is 7.38. The van der Waals surface area contributed by atoms with Gasteiger partial charge in [-0.2, -0.15) is 0 Å². The van der Waals surface area contributed by atoms with Crippen molar-refractivity contribution in [2.24, 2.45) is 10.9 Å². The van der Waals surface area contributed by atoms with Crippen LogP contribution in [0.5, 0.6) is 0 Å². The monoisotopic (exact) mass is 405 g/mol. The molecule has 0 aliphatic carbocycles. The van der Waals surface area contributed by atoms with Gasteiger partial charge in [-0.25, -0.2) is 0 Å². The van der Waals surface area contributed by atoms with Crippen LogP contribution >= 0.6 is 24.0 Å². The second-order valence-corrected chi connectivity index (χ2v) is 5.19. The van der Waals surface area contributed by atoms with E-state index in [1.165, 1.54) is 6.42 Å². The maximum Gasteiger partial charge on any atom is 0.191 e. The number of halogens is 1. The van der Waals surface area contributed by atoms with Crippen molar-refractivity contribution in [1.29, 1.82) is 0 Å². The smallest absolute Gasteiger partial charge is 0.191 e. The summed E-state index contributed by atoms with van der Waals surface area (Å²) >= 11 is 0. The van der Waals surface area contributed by atoms with Gasteiger partial charge in [0.05, 0.1) is 6.26 Å². The topological polar surface area (TPSA) is 49.6 Å². The van der Waals surface area contributed by atoms with Crippen molar-refractivity contribution in [3.05, 3.63) is 36.8 Å². The lowest BCUT2D eigenvalue weighted by atomic mass is 10.1. The van der Waals surface area contributed by atoms with Gasteiger partial charge in [0.15, 0.2) is 5.96 Å². The molecule has 4 nitrogen and oxygen atoms in total. The van der Waals surface area contributed by atoms with E-state index < -0.39 is 0 Å². The quantitative estimate of drug-likeness (QED) is 0.217. The van der Waals surface area contributed by atoms with Crippen molar-refractivity contribution in [3.8, 4) is 0 Å². The second kappa shape index (κ2) is 12.7. The Bertz CT molecular complexity index is 388. The Morgan fingerprint density at radius 1 is 1.43 bits per heavy atom. The third kappa shape index (κ3) is 10.4. The van der Waals surface area contributed by atoms with Crippen LogP contribution in [0.25, 0.3) is 0 Å². The molecule has 0 radical (unpaired) electrons. The maximum atomic E-state index is 5.30. The molecule has 5 heteroatoms. The van der Waals surface area contributed by atoms with Crippen LogP contribution in [-0.4, -0.2) is 25.6 Å². The molecule has 1 rings (SSSR count). The highest BCUT2D eigenvalue weighted by Gasteiger charge is 1.99. The van der Waals surface area contributed by atoms with Gasteiger partial charge in [-0.15, -0.1) is 30.6 Å². The van der Waals surface area contributed by atoms with E-state index >= 15 is 0 Å². The lowest BCUT2D eigenvalue weighted by molar-refractivity contribution is 0.506. The molecule has 1 heterocycles. The molecular formula is C16H28IN3O. The number of hydrogen-bond donors (Lipinski definition) is 2. The minimum atomic E-state index is 0. The van der Waals surface area contributed by atoms with Crippen LogP contribution in [0.15, 0.2) is 40.5 Å². The zero-order valence-corrected chi connectivity index (χ0v) is 15.4. The van der Waals surface area contributed by atoms with Crippen LogP contribution in [0, 0.1) is 5.92 Å². The molecule has 0 saturated carbocycles. The minimum Gasteiger partial charge on any atom is -0.469 e. The van der Waals surface area contributed by atoms with Crippen LogP contribution in [0.1, 0.15) is 32.4 Å². The number of guanidine groups is 1. The molecule has 2 N–H and O–H groups in total. The molecule has 0 saturated heterocycles. The summed E-state index contributed by atoms with van der Waals surface area (Å²) in [6.45, 7) is 10.6. The molecule has 1 aromatic rings. The van der Waals surface area contributed by atoms with E-state index in [-0.39, 0.29) is 24.0 Å². The van der Waals surface area contributed by atoms with Crippen LogP contribution in [0.2, 0.25) is 0 Å². The van der Waals surface area contributed by atoms with Gasteiger partial charge in [0.1, 0.15) is 5.76 Å². The van der Waals surface area contributed by atoms with Gasteiger partial charge in [0.2, 0.25) is 0 Å². The Labute approximate surface area is 145 Å². The van der Waals surface area contributed by atoms with Gasteiger partial charge in [-0.3, -0.25) is 4.99 Å². The lowest BCUT2D eigenvalue weighted by Gasteiger charge is -2.11. The van der Waals surface area contributed by atoms with Gasteiger partial charge in [0.25, 0.3) is 0 Å². The van der Waals surface area contributed by atoms with Crippen molar-refractivity contribution in [3.63, 3.8) is 0 Å². The van der Waals surface area contributed by atoms with E-state index in [4.69, 9.17) is 4.42 Å². The first kappa shape index (κ1) is 20.0. The summed E-state index contributed by atoms with van der Waals surface area (Å²) in [7, 11) is 0. The lowest BCUT2D eigenvalue weighted by Crippen LogP contribution is -2.38. The molecule has 120 valence electrons. The fourth-order valence-electron chi connectivity index (χ4n) is 1.79. The van der Waals surface area contributed by atoms with Gasteiger partial charge < -0.3 is 15.1 Å². The second-order valence-electron chi connectivity index (χ2n) is 5.19. The largest absolute Gasteiger partial charge is 0.469 e. The molecule has 1 aromatic heterocycles. The van der Waals surface area contributed by atoms with Crippen molar-refractivity contribution >= 4 is 29.9 Å². The predicted octanol–water partition coefficient (Wildman–Crippen LogP) is 3.60. The molecule has 0 atom stereocenters. The third-order valence-corrected chi connectivity index (χ3v) is 2.87. The normalized spacial score (nSPS) is 11.1. The Hall–Kier alpha value is -0.980. The number of nitrogens with one attached hydrogen (secondary N) is 2. The fraction of sp³-hybridized carbons (Fsp3) is 0.562. The molecule has 0 bridgehead atoms. The fourth-order valence-corrected chi connectivity index (χ4v) is 1.79. The summed E-state index contributed by atoms with van der Waals surface area (Å²) in [5.41, 5.74) is 0. The summed E-state index contributed by atoms with van der Waals surface area (Å²) in [6, 6.07) is 3.89. The average Bonchev–Trinajstić information content (AvgIpc) is 2.93. The van der Waals surface area contributed by atoms with Gasteiger partial charge in [0, 0.05) is 26.1 Å². The maximum absolute atomic E-state index is 5.30. The summed E-state index contributed by atoms with van der Waals surface area (Å²) in [5.74, 6) is 2.57. The highest BCUT2D eigenvalue weighted by Crippen LogP contribution is 2.03. The number of hydrogen-bond acceptors (Lipinski definition) is 2. The zero-order valence-electron chi connectivity index (χ0n) is 13.1. The molecular weight excluding hydrogens is 377 g/mol. The van der Waals surface area contributed by atoms with E-state index in [1.807, 2.05) is 18.2 Å². The van der Waals surface area contributed by atoms with Gasteiger partial charge in [-0.05, 0) is 30.9 Å². The number of nitrogens with zero attached hydrogens (tertiary/aromatic N) is 1. The first-order valence-corrected chi connectivity index (χ1v) is 7.38. The first-order chi connectivity index (χ1) is 9.72. The molecule has 0 spiro atoms. The van der Waals surface area contributed by atoms with Crippen LogP contribution in [0.3, 0.4) is 0 Å². The molecule has 0 amide bonds. The molecule has 0 aliphatic rings. The average molecular weight is 405 g/mol. The van der Waals surface area contributed by atoms with Crippen LogP contribution in [0.4, 0.5) is 0 Å². The van der Waals surface area contributed by atoms with E-state index in [0.29, 0.717) is 0 Å². The van der Waals surface area contributed by atoms with Crippen LogP contribution in [-0.2, 0) is 6.42 Å². The van der Waals surface area contributed by atoms with Crippen LogP contribution < -0.4 is 10.6 Å². The molecule has 21 heavy (non-hydrogen) atoms. The number of aliphatic imine (C=N–C) groups is 1. The summed E-state index contributed by atoms with van der Waals surface area (Å²) < 4.78 is 5.30. The highest BCUT2D eigenvalue weighted by atomic mass is 127. The molecule has 0 aromatic carbocycles. The minimum absolute atomic E-state index is 0. The van der Waals surface area contributed by atoms with E-state index in [0.717, 1.165) is 50.1 Å². The highest BCUT2D eigenvalue weighted by molar-refractivity contribution is 14.0. The standard InChI is InChI=1S/C16H27N3O.HI/c1-4-10-17-16(18-11-5-7-14(2)3)19-12-9-15-8-6-13-20-15;/h4,6,8,13-14H,1,5,7,9-12H2,2-3H3,(H2,17,18,19);1H. The Morgan fingerprint density at radius 2 is 2.24 bits per heavy atom. The van der Waals surface area contributed by atoms with Crippen molar-refractivity contribution in [2.75, 3.05) is 19.6 Å². The number of furan rings is 1. The Balaban J connectivity index is 0.00000400. The number of rotatable bonds is 9. The van der Waals surface area contributed by atoms with Gasteiger partial charge in [-0.1, -0.05) is 19.9 Å². The van der Waals surface area contributed by atoms with Crippen molar-refractivity contribution in [2.45, 2.75) is 33.1 Å². The molecule has 0 aliphatic heterocycles. The summed E-state index contributed by atoms with van der Waals surface area (Å²) in [4.78, 5) is 4.57. The Kier molecular flexibility index (Phi) is 12.1. The Morgan fingerprint density at radius 3 is 2.86 bits per heavy atom. The van der Waals surface area contributed by atoms with Crippen molar-refractivity contribution in [1.82, 2.24) is 10.6 Å². The van der Waals surface area contributed by atoms with E-state index in [1.54, 1.807) is 6.26 Å². The van der Waals surface area contributed by atoms with E-state index in [9.17, 15) is 0 Å². The predicted molar refractivity (Wildman–Crippen MR) is 100 cm³/mol. The third-order valence-electron chi connectivity index (χ3n) is 2.87. The summed E-state index contributed by atoms with van der Waals surface area (Å²) in [5, 5.41) is 6.54. The SMILES string of the molecule is C=CCNC(=NCCCC(C)C)NCCc1ccco1.I. The molecule has 0 fully saturated rings. The van der Waals surface area contributed by atoms with Crippen molar-refractivity contribution < 1.29 is 4.42 Å². The molecule has 0 unspecified atom stereocenters. The van der Waals surface area contributed by atoms with E-state index in [2.05, 4.69) is 36.1 Å². The van der Waals surface area contributed by atoms with Gasteiger partial charge >= 0.3 is 0 Å². The summed E-state index contributed by atoms with van der Waals surface area (Å²) in [6.07, 6.45) is 6.72. The zero-order chi connectivity index (χ0) is 14.6.